The summed E-state index contributed by atoms with van der Waals surface area (Å²) in [6.07, 6.45) is 2.12. The van der Waals surface area contributed by atoms with E-state index in [2.05, 4.69) is 23.6 Å². The third kappa shape index (κ3) is 5.69. The molecular formula is C32H38F2N2O3. The number of hydrogen-bond acceptors (Lipinski definition) is 5. The largest absolute Gasteiger partial charge is 0.508 e. The molecule has 1 N–H and O–H groups in total. The second-order valence-corrected chi connectivity index (χ2v) is 10.6. The van der Waals surface area contributed by atoms with Gasteiger partial charge in [-0.25, -0.2) is 8.78 Å². The third-order valence-electron chi connectivity index (χ3n) is 8.45. The van der Waals surface area contributed by atoms with Gasteiger partial charge in [0.2, 0.25) is 0 Å². The topological polar surface area (TPSA) is 45.2 Å². The van der Waals surface area contributed by atoms with Crippen LogP contribution in [0, 0.1) is 17.6 Å². The average Bonchev–Trinajstić information content (AvgIpc) is 2.96. The second-order valence-electron chi connectivity index (χ2n) is 10.6. The van der Waals surface area contributed by atoms with Gasteiger partial charge < -0.3 is 24.4 Å². The highest BCUT2D eigenvalue weighted by Crippen LogP contribution is 2.48. The van der Waals surface area contributed by atoms with Crippen molar-refractivity contribution in [2.75, 3.05) is 51.3 Å². The maximum atomic E-state index is 15.8. The van der Waals surface area contributed by atoms with Gasteiger partial charge >= 0.3 is 0 Å². The van der Waals surface area contributed by atoms with Crippen LogP contribution in [0.4, 0.5) is 14.5 Å². The van der Waals surface area contributed by atoms with Crippen molar-refractivity contribution in [1.29, 1.82) is 0 Å². The number of benzene rings is 3. The maximum Gasteiger partial charge on any atom is 0.165 e. The van der Waals surface area contributed by atoms with E-state index in [1.54, 1.807) is 30.3 Å². The highest BCUT2D eigenvalue weighted by Gasteiger charge is 2.35. The lowest BCUT2D eigenvalue weighted by molar-refractivity contribution is 0.229. The number of aromatic hydroxyl groups is 1. The number of fused-ring (bicyclic) bond motifs is 1. The summed E-state index contributed by atoms with van der Waals surface area (Å²) in [5, 5.41) is 10.0. The van der Waals surface area contributed by atoms with Crippen LogP contribution in [0.25, 0.3) is 0 Å². The van der Waals surface area contributed by atoms with Crippen LogP contribution in [0.1, 0.15) is 55.2 Å². The molecule has 3 aromatic carbocycles. The molecule has 1 unspecified atom stereocenters. The third-order valence-corrected chi connectivity index (χ3v) is 8.45. The molecule has 0 aliphatic carbocycles. The standard InChI is InChI=1S/C32H38F2N2O3/c1-4-35(5-2)19-21-12-14-36(15-13-21)29-11-7-23(16-28(29)34)32-25-9-8-24(37)18-30(25)39-20-26(32)22-6-10-27(33)31(17-22)38-3/h6-11,16-18,21,26,32,37H,4-5,12-15,19-20H2,1-3H3/t26?,32-/m1/s1. The molecule has 0 amide bonds. The molecule has 2 aliphatic heterocycles. The maximum absolute atomic E-state index is 15.8. The SMILES string of the molecule is CCN(CC)CC1CCN(c2ccc([C@@H]3c4ccc(O)cc4OCC3c3ccc(F)c(OC)c3)cc2F)CC1. The Labute approximate surface area is 230 Å². The Kier molecular flexibility index (Phi) is 8.26. The summed E-state index contributed by atoms with van der Waals surface area (Å²) in [6, 6.07) is 15.4. The number of phenols is 1. The predicted octanol–water partition coefficient (Wildman–Crippen LogP) is 6.55. The zero-order chi connectivity index (χ0) is 27.5. The van der Waals surface area contributed by atoms with Gasteiger partial charge in [0.25, 0.3) is 0 Å². The Hall–Kier alpha value is -3.32. The minimum atomic E-state index is -0.434. The first kappa shape index (κ1) is 27.3. The zero-order valence-corrected chi connectivity index (χ0v) is 23.0. The van der Waals surface area contributed by atoms with Crippen LogP contribution in [0.5, 0.6) is 17.2 Å². The molecule has 0 spiro atoms. The normalized spacial score (nSPS) is 19.6. The number of anilines is 1. The van der Waals surface area contributed by atoms with Crippen molar-refractivity contribution < 1.29 is 23.4 Å². The molecule has 208 valence electrons. The van der Waals surface area contributed by atoms with Gasteiger partial charge in [-0.1, -0.05) is 32.0 Å². The van der Waals surface area contributed by atoms with Crippen molar-refractivity contribution in [2.24, 2.45) is 5.92 Å². The second kappa shape index (κ2) is 11.8. The first-order valence-corrected chi connectivity index (χ1v) is 14.0. The van der Waals surface area contributed by atoms with E-state index in [1.807, 2.05) is 18.2 Å². The van der Waals surface area contributed by atoms with E-state index in [1.165, 1.54) is 13.2 Å². The van der Waals surface area contributed by atoms with Crippen LogP contribution in [-0.2, 0) is 0 Å². The van der Waals surface area contributed by atoms with Crippen LogP contribution in [0.2, 0.25) is 0 Å². The molecule has 5 nitrogen and oxygen atoms in total. The molecule has 7 heteroatoms. The van der Waals surface area contributed by atoms with Crippen molar-refractivity contribution in [1.82, 2.24) is 4.90 Å². The highest BCUT2D eigenvalue weighted by atomic mass is 19.1. The van der Waals surface area contributed by atoms with E-state index < -0.39 is 5.82 Å². The molecule has 0 bridgehead atoms. The van der Waals surface area contributed by atoms with Crippen molar-refractivity contribution in [3.63, 3.8) is 0 Å². The average molecular weight is 537 g/mol. The van der Waals surface area contributed by atoms with E-state index >= 15 is 4.39 Å². The number of nitrogens with zero attached hydrogens (tertiary/aromatic N) is 2. The van der Waals surface area contributed by atoms with Gasteiger partial charge in [0.1, 0.15) is 17.3 Å². The van der Waals surface area contributed by atoms with Gasteiger partial charge in [0.05, 0.1) is 19.4 Å². The number of methoxy groups -OCH3 is 1. The molecule has 2 heterocycles. The Morgan fingerprint density at radius 2 is 1.69 bits per heavy atom. The number of ether oxygens (including phenoxy) is 2. The summed E-state index contributed by atoms with van der Waals surface area (Å²) in [5.74, 6) is 0.379. The first-order chi connectivity index (χ1) is 18.9. The molecule has 2 atom stereocenters. The number of rotatable bonds is 8. The summed E-state index contributed by atoms with van der Waals surface area (Å²) in [6.45, 7) is 9.63. The molecule has 3 aromatic rings. The Bertz CT molecular complexity index is 1290. The minimum absolute atomic E-state index is 0.111. The molecular weight excluding hydrogens is 498 g/mol. The molecule has 39 heavy (non-hydrogen) atoms. The van der Waals surface area contributed by atoms with E-state index in [0.29, 0.717) is 24.0 Å². The van der Waals surface area contributed by atoms with E-state index in [4.69, 9.17) is 9.47 Å². The summed E-state index contributed by atoms with van der Waals surface area (Å²) in [7, 11) is 1.44. The van der Waals surface area contributed by atoms with Gasteiger partial charge in [0.15, 0.2) is 11.6 Å². The monoisotopic (exact) mass is 536 g/mol. The lowest BCUT2D eigenvalue weighted by Gasteiger charge is -2.37. The molecule has 0 saturated carbocycles. The highest BCUT2D eigenvalue weighted by molar-refractivity contribution is 5.55. The zero-order valence-electron chi connectivity index (χ0n) is 23.0. The van der Waals surface area contributed by atoms with Gasteiger partial charge in [0, 0.05) is 43.1 Å². The molecule has 2 aliphatic rings. The van der Waals surface area contributed by atoms with Crippen molar-refractivity contribution >= 4 is 5.69 Å². The molecule has 1 fully saturated rings. The molecule has 0 radical (unpaired) electrons. The van der Waals surface area contributed by atoms with E-state index in [0.717, 1.165) is 62.3 Å². The number of hydrogen-bond donors (Lipinski definition) is 1. The van der Waals surface area contributed by atoms with Crippen LogP contribution in [-0.4, -0.2) is 56.4 Å². The molecule has 0 aromatic heterocycles. The first-order valence-electron chi connectivity index (χ1n) is 14.0. The summed E-state index contributed by atoms with van der Waals surface area (Å²) in [4.78, 5) is 4.63. The lowest BCUT2D eigenvalue weighted by Crippen LogP contribution is -2.39. The van der Waals surface area contributed by atoms with Crippen LogP contribution in [0.15, 0.2) is 54.6 Å². The van der Waals surface area contributed by atoms with Gasteiger partial charge in [-0.15, -0.1) is 0 Å². The van der Waals surface area contributed by atoms with Crippen molar-refractivity contribution in [3.05, 3.63) is 82.9 Å². The van der Waals surface area contributed by atoms with Crippen LogP contribution in [0.3, 0.4) is 0 Å². The predicted molar refractivity (Wildman–Crippen MR) is 150 cm³/mol. The lowest BCUT2D eigenvalue weighted by atomic mass is 9.75. The van der Waals surface area contributed by atoms with E-state index in [-0.39, 0.29) is 29.2 Å². The van der Waals surface area contributed by atoms with Crippen molar-refractivity contribution in [2.45, 2.75) is 38.5 Å². The number of halogens is 2. The van der Waals surface area contributed by atoms with Crippen LogP contribution < -0.4 is 14.4 Å². The van der Waals surface area contributed by atoms with Gasteiger partial charge in [-0.2, -0.15) is 0 Å². The van der Waals surface area contributed by atoms with Crippen molar-refractivity contribution in [3.8, 4) is 17.2 Å². The fraction of sp³-hybridized carbons (Fsp3) is 0.438. The van der Waals surface area contributed by atoms with Gasteiger partial charge in [-0.05, 0) is 73.3 Å². The fourth-order valence-corrected chi connectivity index (χ4v) is 6.18. The fourth-order valence-electron chi connectivity index (χ4n) is 6.18. The number of phenolic OH excluding ortho intramolecular Hbond substituents is 1. The summed E-state index contributed by atoms with van der Waals surface area (Å²) < 4.78 is 41.2. The molecule has 5 rings (SSSR count). The Morgan fingerprint density at radius 1 is 0.949 bits per heavy atom. The minimum Gasteiger partial charge on any atom is -0.508 e. The summed E-state index contributed by atoms with van der Waals surface area (Å²) >= 11 is 0. The Morgan fingerprint density at radius 3 is 2.38 bits per heavy atom. The molecule has 1 saturated heterocycles. The Balaban J connectivity index is 1.43. The van der Waals surface area contributed by atoms with Gasteiger partial charge in [-0.3, -0.25) is 0 Å². The summed E-state index contributed by atoms with van der Waals surface area (Å²) in [5.41, 5.74) is 3.16. The quantitative estimate of drug-likeness (QED) is 0.354. The number of piperidine rings is 1. The van der Waals surface area contributed by atoms with E-state index in [9.17, 15) is 9.50 Å². The van der Waals surface area contributed by atoms with Crippen LogP contribution >= 0.6 is 0 Å². The smallest absolute Gasteiger partial charge is 0.165 e.